The molecular weight excluding hydrogens is 276 g/mol. The van der Waals surface area contributed by atoms with Gasteiger partial charge in [0.05, 0.1) is 11.5 Å². The average Bonchev–Trinajstić information content (AvgIpc) is 2.45. The van der Waals surface area contributed by atoms with E-state index in [9.17, 15) is 8.42 Å². The largest absolute Gasteiger partial charge is 0.395 e. The molecule has 0 bridgehead atoms. The van der Waals surface area contributed by atoms with Crippen molar-refractivity contribution in [2.45, 2.75) is 18.4 Å². The lowest BCUT2D eigenvalue weighted by Crippen LogP contribution is -2.34. The molecule has 0 amide bonds. The van der Waals surface area contributed by atoms with E-state index in [0.29, 0.717) is 6.54 Å². The van der Waals surface area contributed by atoms with E-state index in [1.54, 1.807) is 18.2 Å². The lowest BCUT2D eigenvalue weighted by Gasteiger charge is -2.21. The number of nitrogens with zero attached hydrogens (tertiary/aromatic N) is 1. The van der Waals surface area contributed by atoms with Crippen LogP contribution in [0.4, 0.5) is 0 Å². The number of aliphatic hydroxyl groups is 1. The van der Waals surface area contributed by atoms with Crippen LogP contribution >= 0.6 is 0 Å². The summed E-state index contributed by atoms with van der Waals surface area (Å²) in [5, 5.41) is 12.2. The molecule has 0 fully saturated rings. The van der Waals surface area contributed by atoms with Gasteiger partial charge >= 0.3 is 0 Å². The molecule has 0 radical (unpaired) electrons. The predicted octanol–water partition coefficient (Wildman–Crippen LogP) is 0.965. The second-order valence-corrected chi connectivity index (χ2v) is 6.17. The Hall–Kier alpha value is -1.21. The quantitative estimate of drug-likeness (QED) is 0.666. The van der Waals surface area contributed by atoms with Crippen LogP contribution in [0.15, 0.2) is 41.8 Å². The molecule has 0 aromatic heterocycles. The number of nitrogens with one attached hydrogen (secondary N) is 1. The first-order valence-corrected chi connectivity index (χ1v) is 8.02. The van der Waals surface area contributed by atoms with Crippen molar-refractivity contribution in [3.05, 3.63) is 42.5 Å². The minimum atomic E-state index is -3.62. The molecule has 0 aliphatic rings. The molecule has 5 nitrogen and oxygen atoms in total. The molecule has 2 N–H and O–H groups in total. The standard InChI is InChI=1S/C14H22N2O3S/c1-3-9-16(10-11-17)20(18,19)14-8-6-5-7-13(14)12-15-4-2/h3,5-8,15,17H,1,4,9-12H2,2H3. The summed E-state index contributed by atoms with van der Waals surface area (Å²) in [5.41, 5.74) is 0.723. The topological polar surface area (TPSA) is 69.6 Å². The second-order valence-electron chi connectivity index (χ2n) is 4.26. The second kappa shape index (κ2) is 8.16. The Morgan fingerprint density at radius 1 is 1.40 bits per heavy atom. The van der Waals surface area contributed by atoms with Gasteiger partial charge in [0.2, 0.25) is 10.0 Å². The molecule has 0 spiro atoms. The van der Waals surface area contributed by atoms with Gasteiger partial charge in [0.1, 0.15) is 0 Å². The van der Waals surface area contributed by atoms with Gasteiger partial charge in [-0.3, -0.25) is 0 Å². The third-order valence-electron chi connectivity index (χ3n) is 2.84. The molecule has 0 heterocycles. The van der Waals surface area contributed by atoms with Crippen LogP contribution in [0.25, 0.3) is 0 Å². The van der Waals surface area contributed by atoms with Gasteiger partial charge in [-0.2, -0.15) is 4.31 Å². The van der Waals surface area contributed by atoms with E-state index in [2.05, 4.69) is 11.9 Å². The number of hydrogen-bond acceptors (Lipinski definition) is 4. The van der Waals surface area contributed by atoms with E-state index in [4.69, 9.17) is 5.11 Å². The lowest BCUT2D eigenvalue weighted by molar-refractivity contribution is 0.260. The van der Waals surface area contributed by atoms with E-state index < -0.39 is 10.0 Å². The van der Waals surface area contributed by atoms with Crippen molar-refractivity contribution in [2.75, 3.05) is 26.2 Å². The first-order chi connectivity index (χ1) is 9.57. The Morgan fingerprint density at radius 2 is 2.10 bits per heavy atom. The Bertz CT molecular complexity index is 529. The summed E-state index contributed by atoms with van der Waals surface area (Å²) < 4.78 is 26.5. The highest BCUT2D eigenvalue weighted by Gasteiger charge is 2.25. The highest BCUT2D eigenvalue weighted by atomic mass is 32.2. The fourth-order valence-corrected chi connectivity index (χ4v) is 3.49. The summed E-state index contributed by atoms with van der Waals surface area (Å²) in [6.45, 7) is 6.80. The van der Waals surface area contributed by atoms with Crippen LogP contribution in [0.2, 0.25) is 0 Å². The molecule has 0 saturated carbocycles. The fraction of sp³-hybridized carbons (Fsp3) is 0.429. The van der Waals surface area contributed by atoms with Crippen molar-refractivity contribution < 1.29 is 13.5 Å². The van der Waals surface area contributed by atoms with Crippen LogP contribution in [0.1, 0.15) is 12.5 Å². The van der Waals surface area contributed by atoms with Gasteiger partial charge in [0.15, 0.2) is 0 Å². The zero-order valence-corrected chi connectivity index (χ0v) is 12.6. The number of aliphatic hydroxyl groups excluding tert-OH is 1. The maximum atomic E-state index is 12.6. The van der Waals surface area contributed by atoms with Crippen molar-refractivity contribution in [3.63, 3.8) is 0 Å². The molecule has 6 heteroatoms. The first kappa shape index (κ1) is 16.8. The van der Waals surface area contributed by atoms with E-state index in [1.807, 2.05) is 13.0 Å². The molecule has 0 saturated heterocycles. The number of benzene rings is 1. The van der Waals surface area contributed by atoms with E-state index in [-0.39, 0.29) is 24.6 Å². The molecule has 112 valence electrons. The van der Waals surface area contributed by atoms with Gasteiger partial charge in [0, 0.05) is 19.6 Å². The Kier molecular flexibility index (Phi) is 6.87. The van der Waals surface area contributed by atoms with Gasteiger partial charge in [0.25, 0.3) is 0 Å². The summed E-state index contributed by atoms with van der Waals surface area (Å²) in [6, 6.07) is 6.90. The zero-order valence-electron chi connectivity index (χ0n) is 11.7. The van der Waals surface area contributed by atoms with Crippen molar-refractivity contribution in [1.82, 2.24) is 9.62 Å². The molecule has 0 aliphatic heterocycles. The minimum Gasteiger partial charge on any atom is -0.395 e. The Labute approximate surface area is 121 Å². The van der Waals surface area contributed by atoms with Crippen LogP contribution in [-0.4, -0.2) is 44.1 Å². The van der Waals surface area contributed by atoms with Crippen molar-refractivity contribution in [2.24, 2.45) is 0 Å². The van der Waals surface area contributed by atoms with Crippen LogP contribution in [0.5, 0.6) is 0 Å². The van der Waals surface area contributed by atoms with Gasteiger partial charge < -0.3 is 10.4 Å². The molecule has 1 rings (SSSR count). The maximum Gasteiger partial charge on any atom is 0.243 e. The van der Waals surface area contributed by atoms with Crippen LogP contribution in [0.3, 0.4) is 0 Å². The minimum absolute atomic E-state index is 0.0594. The summed E-state index contributed by atoms with van der Waals surface area (Å²) in [6.07, 6.45) is 1.51. The molecule has 0 unspecified atom stereocenters. The number of hydrogen-bond donors (Lipinski definition) is 2. The SMILES string of the molecule is C=CCN(CCO)S(=O)(=O)c1ccccc1CNCC. The van der Waals surface area contributed by atoms with Crippen molar-refractivity contribution in [1.29, 1.82) is 0 Å². The molecule has 0 atom stereocenters. The zero-order chi connectivity index (χ0) is 15.0. The lowest BCUT2D eigenvalue weighted by atomic mass is 10.2. The van der Waals surface area contributed by atoms with Crippen molar-refractivity contribution in [3.8, 4) is 0 Å². The third kappa shape index (κ3) is 4.14. The fourth-order valence-electron chi connectivity index (χ4n) is 1.87. The van der Waals surface area contributed by atoms with Crippen LogP contribution in [-0.2, 0) is 16.6 Å². The van der Waals surface area contributed by atoms with Gasteiger partial charge in [-0.05, 0) is 18.2 Å². The molecule has 1 aromatic carbocycles. The summed E-state index contributed by atoms with van der Waals surface area (Å²) in [7, 11) is -3.62. The van der Waals surface area contributed by atoms with E-state index >= 15 is 0 Å². The number of sulfonamides is 1. The van der Waals surface area contributed by atoms with Gasteiger partial charge in [-0.1, -0.05) is 31.2 Å². The van der Waals surface area contributed by atoms with E-state index in [1.165, 1.54) is 10.4 Å². The Morgan fingerprint density at radius 3 is 2.70 bits per heavy atom. The Balaban J connectivity index is 3.15. The van der Waals surface area contributed by atoms with E-state index in [0.717, 1.165) is 12.1 Å². The smallest absolute Gasteiger partial charge is 0.243 e. The third-order valence-corrected chi connectivity index (χ3v) is 4.80. The molecule has 1 aromatic rings. The first-order valence-electron chi connectivity index (χ1n) is 6.58. The van der Waals surface area contributed by atoms with Crippen LogP contribution in [0, 0.1) is 0 Å². The van der Waals surface area contributed by atoms with Gasteiger partial charge in [-0.25, -0.2) is 8.42 Å². The molecule has 0 aliphatic carbocycles. The van der Waals surface area contributed by atoms with Gasteiger partial charge in [-0.15, -0.1) is 6.58 Å². The highest BCUT2D eigenvalue weighted by Crippen LogP contribution is 2.20. The molecular formula is C14H22N2O3S. The number of rotatable bonds is 9. The maximum absolute atomic E-state index is 12.6. The summed E-state index contributed by atoms with van der Waals surface area (Å²) >= 11 is 0. The summed E-state index contributed by atoms with van der Waals surface area (Å²) in [5.74, 6) is 0. The average molecular weight is 298 g/mol. The monoisotopic (exact) mass is 298 g/mol. The highest BCUT2D eigenvalue weighted by molar-refractivity contribution is 7.89. The van der Waals surface area contributed by atoms with Crippen LogP contribution < -0.4 is 5.32 Å². The molecule has 20 heavy (non-hydrogen) atoms. The normalized spacial score (nSPS) is 11.8. The summed E-state index contributed by atoms with van der Waals surface area (Å²) in [4.78, 5) is 0.274. The van der Waals surface area contributed by atoms with Crippen molar-refractivity contribution >= 4 is 10.0 Å². The predicted molar refractivity (Wildman–Crippen MR) is 79.9 cm³/mol.